The first-order valence-electron chi connectivity index (χ1n) is 6.48. The monoisotopic (exact) mass is 279 g/mol. The van der Waals surface area contributed by atoms with Gasteiger partial charge in [0.15, 0.2) is 5.82 Å². The van der Waals surface area contributed by atoms with Crippen LogP contribution in [0.25, 0.3) is 5.69 Å². The zero-order valence-corrected chi connectivity index (χ0v) is 11.2. The predicted molar refractivity (Wildman–Crippen MR) is 76.8 cm³/mol. The number of nitrogens with one attached hydrogen (secondary N) is 1. The van der Waals surface area contributed by atoms with Crippen LogP contribution in [0.15, 0.2) is 61.1 Å². The highest BCUT2D eigenvalue weighted by Gasteiger charge is 2.10. The van der Waals surface area contributed by atoms with Gasteiger partial charge < -0.3 is 5.32 Å². The lowest BCUT2D eigenvalue weighted by Gasteiger charge is -2.07. The standard InChI is InChI=1S/C15H13N5O/c21-15(13-8-4-5-9-16-13)17-10-14-19-18-11-20(14)12-6-2-1-3-7-12/h1-9,11H,10H2,(H,17,21). The summed E-state index contributed by atoms with van der Waals surface area (Å²) in [7, 11) is 0. The molecule has 1 N–H and O–H groups in total. The second-order valence-electron chi connectivity index (χ2n) is 4.35. The normalized spacial score (nSPS) is 10.3. The summed E-state index contributed by atoms with van der Waals surface area (Å²) in [4.78, 5) is 16.0. The number of pyridine rings is 1. The minimum Gasteiger partial charge on any atom is -0.343 e. The Labute approximate surface area is 121 Å². The Morgan fingerprint density at radius 3 is 2.67 bits per heavy atom. The number of rotatable bonds is 4. The minimum absolute atomic E-state index is 0.238. The van der Waals surface area contributed by atoms with Crippen LogP contribution in [0.1, 0.15) is 16.3 Å². The molecule has 0 spiro atoms. The van der Waals surface area contributed by atoms with E-state index in [9.17, 15) is 4.79 Å². The summed E-state index contributed by atoms with van der Waals surface area (Å²) in [6.07, 6.45) is 3.21. The molecule has 0 bridgehead atoms. The molecule has 0 saturated carbocycles. The molecule has 2 aromatic heterocycles. The van der Waals surface area contributed by atoms with Crippen LogP contribution in [0.4, 0.5) is 0 Å². The van der Waals surface area contributed by atoms with Crippen LogP contribution in [0.5, 0.6) is 0 Å². The second kappa shape index (κ2) is 5.96. The van der Waals surface area contributed by atoms with E-state index in [1.54, 1.807) is 30.7 Å². The lowest BCUT2D eigenvalue weighted by Crippen LogP contribution is -2.25. The van der Waals surface area contributed by atoms with Gasteiger partial charge in [-0.1, -0.05) is 24.3 Å². The van der Waals surface area contributed by atoms with Crippen molar-refractivity contribution in [1.29, 1.82) is 0 Å². The number of aromatic nitrogens is 4. The zero-order chi connectivity index (χ0) is 14.5. The van der Waals surface area contributed by atoms with Crippen LogP contribution in [-0.4, -0.2) is 25.7 Å². The van der Waals surface area contributed by atoms with Crippen molar-refractivity contribution in [2.75, 3.05) is 0 Å². The third-order valence-electron chi connectivity index (χ3n) is 2.96. The van der Waals surface area contributed by atoms with Crippen LogP contribution in [0, 0.1) is 0 Å². The van der Waals surface area contributed by atoms with Gasteiger partial charge in [-0.3, -0.25) is 14.3 Å². The largest absolute Gasteiger partial charge is 0.343 e. The lowest BCUT2D eigenvalue weighted by atomic mass is 10.3. The number of hydrogen-bond acceptors (Lipinski definition) is 4. The molecular weight excluding hydrogens is 266 g/mol. The smallest absolute Gasteiger partial charge is 0.270 e. The Morgan fingerprint density at radius 1 is 1.10 bits per heavy atom. The third-order valence-corrected chi connectivity index (χ3v) is 2.96. The Morgan fingerprint density at radius 2 is 1.90 bits per heavy atom. The summed E-state index contributed by atoms with van der Waals surface area (Å²) in [5.74, 6) is 0.420. The van der Waals surface area contributed by atoms with Crippen molar-refractivity contribution in [2.45, 2.75) is 6.54 Å². The van der Waals surface area contributed by atoms with E-state index in [0.29, 0.717) is 11.5 Å². The molecule has 0 radical (unpaired) electrons. The Balaban J connectivity index is 1.73. The molecule has 3 rings (SSSR count). The van der Waals surface area contributed by atoms with Crippen LogP contribution >= 0.6 is 0 Å². The van der Waals surface area contributed by atoms with E-state index in [-0.39, 0.29) is 12.5 Å². The maximum absolute atomic E-state index is 12.0. The Hall–Kier alpha value is -3.02. The van der Waals surface area contributed by atoms with Gasteiger partial charge in [0.2, 0.25) is 0 Å². The van der Waals surface area contributed by atoms with E-state index in [0.717, 1.165) is 5.69 Å². The Bertz CT molecular complexity index is 724. The SMILES string of the molecule is O=C(NCc1nncn1-c1ccccc1)c1ccccn1. The summed E-state index contributed by atoms with van der Waals surface area (Å²) >= 11 is 0. The van der Waals surface area contributed by atoms with E-state index in [4.69, 9.17) is 0 Å². The van der Waals surface area contributed by atoms with E-state index in [1.165, 1.54) is 0 Å². The van der Waals surface area contributed by atoms with Crippen molar-refractivity contribution in [3.63, 3.8) is 0 Å². The van der Waals surface area contributed by atoms with Gasteiger partial charge in [-0.2, -0.15) is 0 Å². The van der Waals surface area contributed by atoms with Crippen LogP contribution < -0.4 is 5.32 Å². The molecule has 0 atom stereocenters. The van der Waals surface area contributed by atoms with Gasteiger partial charge in [-0.25, -0.2) is 0 Å². The number of carbonyl (C=O) groups is 1. The average Bonchev–Trinajstić information content (AvgIpc) is 3.03. The number of carbonyl (C=O) groups excluding carboxylic acids is 1. The molecular formula is C15H13N5O. The number of hydrogen-bond donors (Lipinski definition) is 1. The van der Waals surface area contributed by atoms with Crippen molar-refractivity contribution in [1.82, 2.24) is 25.1 Å². The molecule has 1 amide bonds. The molecule has 0 aliphatic heterocycles. The van der Waals surface area contributed by atoms with Crippen molar-refractivity contribution in [3.8, 4) is 5.69 Å². The summed E-state index contributed by atoms with van der Waals surface area (Å²) in [6, 6.07) is 14.9. The molecule has 6 nitrogen and oxygen atoms in total. The quantitative estimate of drug-likeness (QED) is 0.787. The maximum Gasteiger partial charge on any atom is 0.270 e. The van der Waals surface area contributed by atoms with Gasteiger partial charge in [-0.15, -0.1) is 10.2 Å². The Kier molecular flexibility index (Phi) is 3.68. The fraction of sp³-hybridized carbons (Fsp3) is 0.0667. The molecule has 0 unspecified atom stereocenters. The van der Waals surface area contributed by atoms with Crippen molar-refractivity contribution in [2.24, 2.45) is 0 Å². The molecule has 1 aromatic carbocycles. The van der Waals surface area contributed by atoms with E-state index >= 15 is 0 Å². The molecule has 6 heteroatoms. The molecule has 21 heavy (non-hydrogen) atoms. The van der Waals surface area contributed by atoms with Crippen molar-refractivity contribution in [3.05, 3.63) is 72.6 Å². The predicted octanol–water partition coefficient (Wildman–Crippen LogP) is 1.59. The van der Waals surface area contributed by atoms with Gasteiger partial charge in [0, 0.05) is 11.9 Å². The molecule has 0 fully saturated rings. The zero-order valence-electron chi connectivity index (χ0n) is 11.2. The van der Waals surface area contributed by atoms with Gasteiger partial charge in [0.25, 0.3) is 5.91 Å². The van der Waals surface area contributed by atoms with Gasteiger partial charge in [0.05, 0.1) is 6.54 Å². The van der Waals surface area contributed by atoms with Gasteiger partial charge in [-0.05, 0) is 24.3 Å². The topological polar surface area (TPSA) is 72.7 Å². The maximum atomic E-state index is 12.0. The highest BCUT2D eigenvalue weighted by molar-refractivity contribution is 5.92. The first kappa shape index (κ1) is 13.0. The average molecular weight is 279 g/mol. The van der Waals surface area contributed by atoms with Crippen LogP contribution in [0.2, 0.25) is 0 Å². The number of benzene rings is 1. The van der Waals surface area contributed by atoms with Crippen LogP contribution in [0.3, 0.4) is 0 Å². The molecule has 2 heterocycles. The first-order chi connectivity index (χ1) is 10.3. The molecule has 3 aromatic rings. The van der Waals surface area contributed by atoms with Crippen molar-refractivity contribution >= 4 is 5.91 Å². The number of para-hydroxylation sites is 1. The van der Waals surface area contributed by atoms with Crippen molar-refractivity contribution < 1.29 is 4.79 Å². The molecule has 0 saturated heterocycles. The minimum atomic E-state index is -0.238. The van der Waals surface area contributed by atoms with E-state index in [1.807, 2.05) is 34.9 Å². The molecule has 0 aliphatic rings. The van der Waals surface area contributed by atoms with Gasteiger partial charge in [0.1, 0.15) is 12.0 Å². The fourth-order valence-corrected chi connectivity index (χ4v) is 1.93. The lowest BCUT2D eigenvalue weighted by molar-refractivity contribution is 0.0944. The fourth-order valence-electron chi connectivity index (χ4n) is 1.93. The summed E-state index contributed by atoms with van der Waals surface area (Å²) in [5, 5.41) is 10.7. The highest BCUT2D eigenvalue weighted by atomic mass is 16.1. The third kappa shape index (κ3) is 2.94. The number of amides is 1. The summed E-state index contributed by atoms with van der Waals surface area (Å²) in [6.45, 7) is 0.282. The van der Waals surface area contributed by atoms with E-state index < -0.39 is 0 Å². The highest BCUT2D eigenvalue weighted by Crippen LogP contribution is 2.08. The van der Waals surface area contributed by atoms with Gasteiger partial charge >= 0.3 is 0 Å². The van der Waals surface area contributed by atoms with Crippen LogP contribution in [-0.2, 0) is 6.54 Å². The second-order valence-corrected chi connectivity index (χ2v) is 4.35. The molecule has 104 valence electrons. The summed E-state index contributed by atoms with van der Waals surface area (Å²) < 4.78 is 1.83. The molecule has 0 aliphatic carbocycles. The summed E-state index contributed by atoms with van der Waals surface area (Å²) in [5.41, 5.74) is 1.33. The first-order valence-corrected chi connectivity index (χ1v) is 6.48. The number of nitrogens with zero attached hydrogens (tertiary/aromatic N) is 4. The van der Waals surface area contributed by atoms with E-state index in [2.05, 4.69) is 20.5 Å².